The first kappa shape index (κ1) is 19.0. The van der Waals surface area contributed by atoms with Crippen LogP contribution in [0.3, 0.4) is 0 Å². The van der Waals surface area contributed by atoms with Gasteiger partial charge in [0.05, 0.1) is 20.3 Å². The lowest BCUT2D eigenvalue weighted by Crippen LogP contribution is -2.40. The van der Waals surface area contributed by atoms with Crippen LogP contribution >= 0.6 is 12.2 Å². The zero-order valence-electron chi connectivity index (χ0n) is 14.8. The van der Waals surface area contributed by atoms with Crippen molar-refractivity contribution in [1.29, 1.82) is 0 Å². The molecule has 5 nitrogen and oxygen atoms in total. The van der Waals surface area contributed by atoms with Gasteiger partial charge in [-0.05, 0) is 50.2 Å². The van der Waals surface area contributed by atoms with Crippen LogP contribution in [0.15, 0.2) is 18.2 Å². The van der Waals surface area contributed by atoms with Crippen molar-refractivity contribution >= 4 is 17.3 Å². The lowest BCUT2D eigenvalue weighted by atomic mass is 10.1. The molecule has 0 saturated carbocycles. The van der Waals surface area contributed by atoms with Crippen LogP contribution in [0.25, 0.3) is 0 Å². The van der Waals surface area contributed by atoms with Gasteiger partial charge in [-0.2, -0.15) is 0 Å². The second-order valence-corrected chi connectivity index (χ2v) is 6.46. The van der Waals surface area contributed by atoms with Gasteiger partial charge in [-0.25, -0.2) is 0 Å². The van der Waals surface area contributed by atoms with Crippen molar-refractivity contribution in [3.05, 3.63) is 29.3 Å². The molecule has 2 rings (SSSR count). The first-order valence-electron chi connectivity index (χ1n) is 8.64. The number of aryl methyl sites for hydroxylation is 1. The standard InChI is InChI=1S/C18H29N3O2S/c1-15-4-5-17(22-2)16(14-15)6-8-20-18(24)19-7-3-9-21-10-12-23-13-11-21/h4-5,14H,3,6-13H2,1-2H3,(H2,19,20,24). The molecule has 0 radical (unpaired) electrons. The van der Waals surface area contributed by atoms with Crippen LogP contribution in [0.1, 0.15) is 17.5 Å². The molecule has 0 spiro atoms. The molecule has 1 aliphatic heterocycles. The lowest BCUT2D eigenvalue weighted by molar-refractivity contribution is 0.0376. The minimum atomic E-state index is 0.726. The van der Waals surface area contributed by atoms with Gasteiger partial charge in [0.25, 0.3) is 0 Å². The maximum absolute atomic E-state index is 5.41. The molecule has 0 atom stereocenters. The molecule has 1 saturated heterocycles. The van der Waals surface area contributed by atoms with Crippen LogP contribution < -0.4 is 15.4 Å². The number of nitrogens with zero attached hydrogens (tertiary/aromatic N) is 1. The smallest absolute Gasteiger partial charge is 0.166 e. The second kappa shape index (κ2) is 10.5. The summed E-state index contributed by atoms with van der Waals surface area (Å²) in [5.74, 6) is 0.937. The summed E-state index contributed by atoms with van der Waals surface area (Å²) in [6.07, 6.45) is 1.98. The Kier molecular flexibility index (Phi) is 8.28. The van der Waals surface area contributed by atoms with E-state index in [1.807, 2.05) is 6.07 Å². The van der Waals surface area contributed by atoms with Gasteiger partial charge in [0.1, 0.15) is 5.75 Å². The fourth-order valence-electron chi connectivity index (χ4n) is 2.81. The molecular weight excluding hydrogens is 322 g/mol. The number of ether oxygens (including phenoxy) is 2. The Morgan fingerprint density at radius 2 is 2.00 bits per heavy atom. The second-order valence-electron chi connectivity index (χ2n) is 6.06. The highest BCUT2D eigenvalue weighted by Crippen LogP contribution is 2.19. The maximum atomic E-state index is 5.41. The molecule has 134 valence electrons. The van der Waals surface area contributed by atoms with Crippen LogP contribution in [0.4, 0.5) is 0 Å². The average molecular weight is 352 g/mol. The van der Waals surface area contributed by atoms with E-state index in [-0.39, 0.29) is 0 Å². The van der Waals surface area contributed by atoms with Crippen molar-refractivity contribution < 1.29 is 9.47 Å². The summed E-state index contributed by atoms with van der Waals surface area (Å²) in [4.78, 5) is 2.44. The Morgan fingerprint density at radius 3 is 2.75 bits per heavy atom. The summed E-state index contributed by atoms with van der Waals surface area (Å²) < 4.78 is 10.8. The molecule has 1 aromatic rings. The molecule has 1 heterocycles. The van der Waals surface area contributed by atoms with E-state index >= 15 is 0 Å². The Morgan fingerprint density at radius 1 is 1.25 bits per heavy atom. The van der Waals surface area contributed by atoms with Gasteiger partial charge >= 0.3 is 0 Å². The minimum Gasteiger partial charge on any atom is -0.496 e. The maximum Gasteiger partial charge on any atom is 0.166 e. The van der Waals surface area contributed by atoms with E-state index in [1.165, 1.54) is 11.1 Å². The van der Waals surface area contributed by atoms with E-state index in [4.69, 9.17) is 21.7 Å². The van der Waals surface area contributed by atoms with Gasteiger partial charge in [-0.1, -0.05) is 17.7 Å². The summed E-state index contributed by atoms with van der Waals surface area (Å²) in [6.45, 7) is 8.69. The largest absolute Gasteiger partial charge is 0.496 e. The number of hydrogen-bond donors (Lipinski definition) is 2. The third kappa shape index (κ3) is 6.63. The Bertz CT molecular complexity index is 519. The molecule has 0 amide bonds. The number of nitrogens with one attached hydrogen (secondary N) is 2. The number of rotatable bonds is 8. The van der Waals surface area contributed by atoms with E-state index in [0.717, 1.165) is 69.6 Å². The van der Waals surface area contributed by atoms with Gasteiger partial charge in [-0.15, -0.1) is 0 Å². The normalized spacial score (nSPS) is 15.1. The van der Waals surface area contributed by atoms with Gasteiger partial charge in [0.15, 0.2) is 5.11 Å². The topological polar surface area (TPSA) is 45.8 Å². The van der Waals surface area contributed by atoms with E-state index in [2.05, 4.69) is 34.6 Å². The molecule has 1 aromatic carbocycles. The lowest BCUT2D eigenvalue weighted by Gasteiger charge is -2.26. The molecule has 0 bridgehead atoms. The summed E-state index contributed by atoms with van der Waals surface area (Å²) in [5.41, 5.74) is 2.45. The number of methoxy groups -OCH3 is 1. The molecule has 1 aliphatic rings. The summed E-state index contributed by atoms with van der Waals surface area (Å²) in [7, 11) is 1.71. The molecular formula is C18H29N3O2S. The first-order chi connectivity index (χ1) is 11.7. The Balaban J connectivity index is 1.58. The molecule has 0 unspecified atom stereocenters. The third-order valence-corrected chi connectivity index (χ3v) is 4.44. The average Bonchev–Trinajstić information content (AvgIpc) is 2.60. The van der Waals surface area contributed by atoms with E-state index in [0.29, 0.717) is 0 Å². The van der Waals surface area contributed by atoms with Crippen LogP contribution in [0.2, 0.25) is 0 Å². The van der Waals surface area contributed by atoms with Crippen LogP contribution in [-0.2, 0) is 11.2 Å². The summed E-state index contributed by atoms with van der Waals surface area (Å²) in [6, 6.07) is 6.25. The van der Waals surface area contributed by atoms with Crippen LogP contribution in [-0.4, -0.2) is 63.1 Å². The molecule has 2 N–H and O–H groups in total. The summed E-state index contributed by atoms with van der Waals surface area (Å²) >= 11 is 5.34. The zero-order valence-corrected chi connectivity index (χ0v) is 15.6. The zero-order chi connectivity index (χ0) is 17.2. The number of hydrogen-bond acceptors (Lipinski definition) is 4. The Hall–Kier alpha value is -1.37. The fourth-order valence-corrected chi connectivity index (χ4v) is 3.01. The fraction of sp³-hybridized carbons (Fsp3) is 0.611. The quantitative estimate of drug-likeness (QED) is 0.549. The molecule has 1 fully saturated rings. The van der Waals surface area contributed by atoms with Crippen LogP contribution in [0, 0.1) is 6.92 Å². The molecule has 24 heavy (non-hydrogen) atoms. The van der Waals surface area contributed by atoms with Gasteiger partial charge in [0, 0.05) is 26.2 Å². The van der Waals surface area contributed by atoms with E-state index in [1.54, 1.807) is 7.11 Å². The molecule has 6 heteroatoms. The third-order valence-electron chi connectivity index (χ3n) is 4.16. The predicted molar refractivity (Wildman–Crippen MR) is 102 cm³/mol. The molecule has 0 aliphatic carbocycles. The van der Waals surface area contributed by atoms with Crippen LogP contribution in [0.5, 0.6) is 5.75 Å². The van der Waals surface area contributed by atoms with Crippen molar-refractivity contribution in [2.75, 3.05) is 53.0 Å². The van der Waals surface area contributed by atoms with Crippen molar-refractivity contribution in [3.63, 3.8) is 0 Å². The van der Waals surface area contributed by atoms with Crippen molar-refractivity contribution in [2.24, 2.45) is 0 Å². The van der Waals surface area contributed by atoms with Crippen molar-refractivity contribution in [3.8, 4) is 5.75 Å². The molecule has 0 aromatic heterocycles. The number of benzene rings is 1. The number of thiocarbonyl (C=S) groups is 1. The first-order valence-corrected chi connectivity index (χ1v) is 9.05. The SMILES string of the molecule is COc1ccc(C)cc1CCNC(=S)NCCCN1CCOCC1. The van der Waals surface area contributed by atoms with E-state index in [9.17, 15) is 0 Å². The monoisotopic (exact) mass is 351 g/mol. The highest BCUT2D eigenvalue weighted by atomic mass is 32.1. The van der Waals surface area contributed by atoms with Gasteiger partial charge in [0.2, 0.25) is 0 Å². The minimum absolute atomic E-state index is 0.726. The van der Waals surface area contributed by atoms with Gasteiger partial charge in [-0.3, -0.25) is 4.90 Å². The highest BCUT2D eigenvalue weighted by Gasteiger charge is 2.09. The van der Waals surface area contributed by atoms with Gasteiger partial charge < -0.3 is 20.1 Å². The summed E-state index contributed by atoms with van der Waals surface area (Å²) in [5, 5.41) is 7.28. The van der Waals surface area contributed by atoms with Crippen molar-refractivity contribution in [2.45, 2.75) is 19.8 Å². The van der Waals surface area contributed by atoms with E-state index < -0.39 is 0 Å². The Labute approximate surface area is 150 Å². The predicted octanol–water partition coefficient (Wildman–Crippen LogP) is 1.73. The highest BCUT2D eigenvalue weighted by molar-refractivity contribution is 7.80. The van der Waals surface area contributed by atoms with Crippen molar-refractivity contribution in [1.82, 2.24) is 15.5 Å². The number of morpholine rings is 1.